The predicted octanol–water partition coefficient (Wildman–Crippen LogP) is 2.35. The molecule has 2 rings (SSSR count). The molecule has 26 heavy (non-hydrogen) atoms. The number of hydrogen-bond donors (Lipinski definition) is 2. The fourth-order valence-corrected chi connectivity index (χ4v) is 14.7. The van der Waals surface area contributed by atoms with Crippen molar-refractivity contribution in [2.75, 3.05) is 18.5 Å². The molecule has 0 spiro atoms. The average molecular weight is 420 g/mol. The SMILES string of the molecule is B[C@@H]1C2C[C@@]2(OC(C)(C)[PH](=C)C(C[PH](=C)CC)[PH](=C)CC)[C@@H](O)[C@@]1(C)O. The first-order valence-electron chi connectivity index (χ1n) is 9.99. The van der Waals surface area contributed by atoms with Gasteiger partial charge < -0.3 is 14.9 Å². The van der Waals surface area contributed by atoms with Crippen LogP contribution in [0.1, 0.15) is 41.0 Å². The van der Waals surface area contributed by atoms with Crippen molar-refractivity contribution >= 4 is 49.4 Å². The molecule has 7 heteroatoms. The highest BCUT2D eigenvalue weighted by molar-refractivity contribution is 7.75. The van der Waals surface area contributed by atoms with Crippen LogP contribution in [0.3, 0.4) is 0 Å². The van der Waals surface area contributed by atoms with Crippen LogP contribution in [-0.2, 0) is 4.74 Å². The van der Waals surface area contributed by atoms with Gasteiger partial charge in [-0.2, -0.15) is 0 Å². The Kier molecular flexibility index (Phi) is 7.06. The number of rotatable bonds is 9. The second-order valence-electron chi connectivity index (χ2n) is 9.19. The largest absolute Gasteiger partial charge is 0.388 e. The summed E-state index contributed by atoms with van der Waals surface area (Å²) in [5.41, 5.74) is -1.64. The van der Waals surface area contributed by atoms with Crippen LogP contribution in [0.2, 0.25) is 5.82 Å². The second-order valence-corrected chi connectivity index (χ2v) is 18.1. The van der Waals surface area contributed by atoms with Crippen molar-refractivity contribution in [3.05, 3.63) is 0 Å². The van der Waals surface area contributed by atoms with Crippen LogP contribution in [0.4, 0.5) is 0 Å². The molecular weight excluding hydrogens is 380 g/mol. The summed E-state index contributed by atoms with van der Waals surface area (Å²) in [6.45, 7) is 10.5. The number of ether oxygens (including phenoxy) is 1. The summed E-state index contributed by atoms with van der Waals surface area (Å²) >= 11 is 0. The maximum atomic E-state index is 10.8. The number of aliphatic hydroxyl groups is 2. The van der Waals surface area contributed by atoms with Crippen LogP contribution in [0.25, 0.3) is 0 Å². The average Bonchev–Trinajstić information content (AvgIpc) is 3.27. The molecule has 2 N–H and O–H groups in total. The summed E-state index contributed by atoms with van der Waals surface area (Å²) < 4.78 is 6.68. The monoisotopic (exact) mass is 420 g/mol. The minimum absolute atomic E-state index is 0.0578. The van der Waals surface area contributed by atoms with Gasteiger partial charge in [-0.1, -0.05) is 21.4 Å². The molecule has 0 bridgehead atoms. The first-order valence-corrected chi connectivity index (χ1v) is 15.9. The summed E-state index contributed by atoms with van der Waals surface area (Å²) in [4.78, 5) is 0. The molecule has 0 aromatic carbocycles. The Labute approximate surface area is 163 Å². The van der Waals surface area contributed by atoms with Crippen molar-refractivity contribution in [2.24, 2.45) is 5.92 Å². The van der Waals surface area contributed by atoms with Crippen molar-refractivity contribution in [1.29, 1.82) is 0 Å². The van der Waals surface area contributed by atoms with Crippen molar-refractivity contribution in [3.63, 3.8) is 0 Å². The van der Waals surface area contributed by atoms with E-state index in [0.29, 0.717) is 5.40 Å². The lowest BCUT2D eigenvalue weighted by atomic mass is 9.73. The zero-order valence-corrected chi connectivity index (χ0v) is 20.6. The summed E-state index contributed by atoms with van der Waals surface area (Å²) in [5, 5.41) is 21.7. The van der Waals surface area contributed by atoms with Gasteiger partial charge >= 0.3 is 0 Å². The fourth-order valence-electron chi connectivity index (χ4n) is 4.68. The molecule has 0 heterocycles. The molecule has 152 valence electrons. The third-order valence-electron chi connectivity index (χ3n) is 7.13. The van der Waals surface area contributed by atoms with E-state index in [2.05, 4.69) is 46.6 Å². The fraction of sp³-hybridized carbons (Fsp3) is 0.842. The molecule has 0 amide bonds. The van der Waals surface area contributed by atoms with Gasteiger partial charge in [0.2, 0.25) is 0 Å². The van der Waals surface area contributed by atoms with E-state index < -0.39 is 39.9 Å². The van der Waals surface area contributed by atoms with Gasteiger partial charge in [0.05, 0.1) is 10.9 Å². The Bertz CT molecular complexity index is 619. The molecule has 0 aromatic rings. The maximum absolute atomic E-state index is 10.8. The van der Waals surface area contributed by atoms with Crippen LogP contribution in [0.5, 0.6) is 0 Å². The Morgan fingerprint density at radius 1 is 1.27 bits per heavy atom. The summed E-state index contributed by atoms with van der Waals surface area (Å²) in [6, 6.07) is 0. The lowest BCUT2D eigenvalue weighted by Crippen LogP contribution is -2.48. The molecule has 0 radical (unpaired) electrons. The Morgan fingerprint density at radius 2 is 1.85 bits per heavy atom. The molecule has 2 saturated carbocycles. The first kappa shape index (κ1) is 23.1. The second kappa shape index (κ2) is 7.93. The molecule has 2 aliphatic carbocycles. The van der Waals surface area contributed by atoms with Crippen molar-refractivity contribution in [3.8, 4) is 0 Å². The van der Waals surface area contributed by atoms with E-state index in [9.17, 15) is 10.2 Å². The zero-order chi connectivity index (χ0) is 20.1. The minimum atomic E-state index is -1.09. The van der Waals surface area contributed by atoms with Crippen molar-refractivity contribution in [1.82, 2.24) is 0 Å². The van der Waals surface area contributed by atoms with E-state index in [-0.39, 0.29) is 17.1 Å². The highest BCUT2D eigenvalue weighted by Gasteiger charge is 2.75. The lowest BCUT2D eigenvalue weighted by molar-refractivity contribution is -0.145. The Balaban J connectivity index is 2.22. The highest BCUT2D eigenvalue weighted by Crippen LogP contribution is 2.69. The summed E-state index contributed by atoms with van der Waals surface area (Å²) in [5.74, 6) is 0.307. The highest BCUT2D eigenvalue weighted by atomic mass is 31.2. The number of aliphatic hydroxyl groups excluding tert-OH is 1. The van der Waals surface area contributed by atoms with Gasteiger partial charge in [-0.15, -0.1) is 34.0 Å². The van der Waals surface area contributed by atoms with Gasteiger partial charge in [-0.25, -0.2) is 0 Å². The van der Waals surface area contributed by atoms with Crippen molar-refractivity contribution < 1.29 is 14.9 Å². The maximum Gasteiger partial charge on any atom is 0.111 e. The molecule has 2 fully saturated rings. The van der Waals surface area contributed by atoms with E-state index in [4.69, 9.17) is 4.74 Å². The van der Waals surface area contributed by atoms with Crippen molar-refractivity contribution in [2.45, 2.75) is 74.9 Å². The van der Waals surface area contributed by atoms with Gasteiger partial charge in [-0.05, 0) is 62.8 Å². The summed E-state index contributed by atoms with van der Waals surface area (Å²) in [6.07, 6.45) is 17.1. The van der Waals surface area contributed by atoms with E-state index in [1.807, 2.05) is 7.85 Å². The van der Waals surface area contributed by atoms with Crippen LogP contribution in [0, 0.1) is 5.92 Å². The normalized spacial score (nSPS) is 41.3. The Morgan fingerprint density at radius 3 is 2.27 bits per heavy atom. The Hall–Kier alpha value is 0.845. The molecule has 3 nitrogen and oxygen atoms in total. The standard InChI is InChI=1S/C19H40BO3P3/c1-9-24(6)12-14(25(7)10-2)26(8)17(3,4)23-19-11-13(19)15(20)18(5,22)16(19)21/h13-16,21-22,24-26H,6-12,20H2,1-5H3/t13?,14?,15-,16+,18+,19+/m1/s1. The molecule has 0 aliphatic heterocycles. The third-order valence-corrected chi connectivity index (χ3v) is 17.0. The van der Waals surface area contributed by atoms with Gasteiger partial charge in [-0.3, -0.25) is 0 Å². The lowest BCUT2D eigenvalue weighted by Gasteiger charge is -2.41. The number of hydrogen-bond acceptors (Lipinski definition) is 3. The minimum Gasteiger partial charge on any atom is -0.388 e. The smallest absolute Gasteiger partial charge is 0.111 e. The molecule has 0 saturated heterocycles. The molecular formula is C19H40BO3P3. The van der Waals surface area contributed by atoms with Gasteiger partial charge in [0.15, 0.2) is 0 Å². The molecule has 2 aliphatic rings. The third kappa shape index (κ3) is 3.94. The van der Waals surface area contributed by atoms with Crippen LogP contribution in [-0.4, -0.2) is 83.5 Å². The molecule has 0 aromatic heterocycles. The van der Waals surface area contributed by atoms with Gasteiger partial charge in [0.25, 0.3) is 0 Å². The van der Waals surface area contributed by atoms with E-state index >= 15 is 0 Å². The topological polar surface area (TPSA) is 49.7 Å². The number of fused-ring (bicyclic) bond motifs is 1. The summed E-state index contributed by atoms with van der Waals surface area (Å²) in [7, 11) is -0.352. The van der Waals surface area contributed by atoms with E-state index in [1.165, 1.54) is 12.3 Å². The van der Waals surface area contributed by atoms with Gasteiger partial charge in [0, 0.05) is 0 Å². The zero-order valence-electron chi connectivity index (χ0n) is 17.6. The van der Waals surface area contributed by atoms with Gasteiger partial charge in [0.1, 0.15) is 19.6 Å². The van der Waals surface area contributed by atoms with Crippen LogP contribution < -0.4 is 0 Å². The van der Waals surface area contributed by atoms with E-state index in [1.54, 1.807) is 6.92 Å². The quantitative estimate of drug-likeness (QED) is 0.445. The van der Waals surface area contributed by atoms with Crippen LogP contribution in [0.15, 0.2) is 0 Å². The van der Waals surface area contributed by atoms with E-state index in [0.717, 1.165) is 12.6 Å². The first-order chi connectivity index (χ1) is 11.8. The van der Waals surface area contributed by atoms with Crippen LogP contribution >= 0.6 is 22.6 Å². The molecule has 9 atom stereocenters. The molecule has 5 unspecified atom stereocenters. The predicted molar refractivity (Wildman–Crippen MR) is 131 cm³/mol.